The van der Waals surface area contributed by atoms with E-state index < -0.39 is 22.5 Å². The van der Waals surface area contributed by atoms with Crippen molar-refractivity contribution in [1.29, 1.82) is 0 Å². The second-order valence-corrected chi connectivity index (χ2v) is 5.96. The smallest absolute Gasteiger partial charge is 0.318 e. The van der Waals surface area contributed by atoms with Crippen molar-refractivity contribution >= 4 is 27.6 Å². The van der Waals surface area contributed by atoms with Crippen molar-refractivity contribution in [1.82, 2.24) is 4.31 Å². The van der Waals surface area contributed by atoms with Gasteiger partial charge in [0.1, 0.15) is 17.2 Å². The number of halogens is 1. The maximum absolute atomic E-state index is 12.3. The zero-order valence-electron chi connectivity index (χ0n) is 10.5. The number of hydrogen-bond acceptors (Lipinski definition) is 4. The van der Waals surface area contributed by atoms with Crippen LogP contribution in [0, 0.1) is 0 Å². The van der Waals surface area contributed by atoms with Crippen molar-refractivity contribution < 1.29 is 23.1 Å². The van der Waals surface area contributed by atoms with E-state index in [4.69, 9.17) is 21.4 Å². The Morgan fingerprint density at radius 1 is 1.47 bits per heavy atom. The topological polar surface area (TPSA) is 83.9 Å². The van der Waals surface area contributed by atoms with Gasteiger partial charge in [-0.05, 0) is 12.1 Å². The van der Waals surface area contributed by atoms with Gasteiger partial charge in [0.15, 0.2) is 0 Å². The summed E-state index contributed by atoms with van der Waals surface area (Å²) in [6, 6.07) is 4.07. The molecule has 6 nitrogen and oxygen atoms in total. The van der Waals surface area contributed by atoms with Gasteiger partial charge in [-0.25, -0.2) is 8.42 Å². The van der Waals surface area contributed by atoms with Crippen molar-refractivity contribution in [3.05, 3.63) is 23.2 Å². The molecule has 0 aliphatic heterocycles. The minimum absolute atomic E-state index is 0.0421. The Morgan fingerprint density at radius 3 is 2.58 bits per heavy atom. The van der Waals surface area contributed by atoms with Crippen molar-refractivity contribution in [2.24, 2.45) is 0 Å². The van der Waals surface area contributed by atoms with Crippen LogP contribution in [0.1, 0.15) is 6.92 Å². The summed E-state index contributed by atoms with van der Waals surface area (Å²) in [7, 11) is -2.62. The number of rotatable bonds is 6. The molecule has 1 aromatic rings. The van der Waals surface area contributed by atoms with Crippen LogP contribution in [-0.4, -0.2) is 44.0 Å². The fourth-order valence-electron chi connectivity index (χ4n) is 1.51. The maximum atomic E-state index is 12.3. The Morgan fingerprint density at radius 2 is 2.11 bits per heavy atom. The highest BCUT2D eigenvalue weighted by Gasteiger charge is 2.28. The van der Waals surface area contributed by atoms with Gasteiger partial charge < -0.3 is 9.84 Å². The van der Waals surface area contributed by atoms with Crippen LogP contribution in [0.3, 0.4) is 0 Å². The highest BCUT2D eigenvalue weighted by atomic mass is 35.5. The van der Waals surface area contributed by atoms with E-state index in [1.54, 1.807) is 6.92 Å². The van der Waals surface area contributed by atoms with E-state index in [1.807, 2.05) is 0 Å². The molecule has 1 aromatic carbocycles. The summed E-state index contributed by atoms with van der Waals surface area (Å²) in [5.41, 5.74) is 0. The van der Waals surface area contributed by atoms with E-state index in [0.29, 0.717) is 5.02 Å². The first-order chi connectivity index (χ1) is 8.82. The number of ether oxygens (including phenoxy) is 1. The van der Waals surface area contributed by atoms with Crippen molar-refractivity contribution in [3.8, 4) is 5.75 Å². The van der Waals surface area contributed by atoms with Gasteiger partial charge in [-0.1, -0.05) is 18.5 Å². The summed E-state index contributed by atoms with van der Waals surface area (Å²) in [5.74, 6) is -1.14. The number of sulfonamides is 1. The molecule has 1 rings (SSSR count). The molecule has 0 spiro atoms. The average molecular weight is 308 g/mol. The zero-order chi connectivity index (χ0) is 14.6. The molecular formula is C11H14ClNO5S. The van der Waals surface area contributed by atoms with Gasteiger partial charge in [0.05, 0.1) is 7.11 Å². The molecule has 0 atom stereocenters. The van der Waals surface area contributed by atoms with E-state index >= 15 is 0 Å². The summed E-state index contributed by atoms with van der Waals surface area (Å²) in [6.45, 7) is 0.994. The van der Waals surface area contributed by atoms with E-state index in [0.717, 1.165) is 4.31 Å². The number of carboxylic acid groups (broad SMARTS) is 1. The number of aliphatic carboxylic acids is 1. The predicted octanol–water partition coefficient (Wildman–Crippen LogP) is 1.44. The van der Waals surface area contributed by atoms with Gasteiger partial charge in [0, 0.05) is 17.6 Å². The summed E-state index contributed by atoms with van der Waals surface area (Å²) < 4.78 is 30.5. The summed E-state index contributed by atoms with van der Waals surface area (Å²) in [5, 5.41) is 9.07. The molecule has 0 saturated carbocycles. The van der Waals surface area contributed by atoms with Gasteiger partial charge in [0.25, 0.3) is 0 Å². The molecule has 0 radical (unpaired) electrons. The normalized spacial score (nSPS) is 11.6. The van der Waals surface area contributed by atoms with Crippen LogP contribution in [0.2, 0.25) is 5.02 Å². The Hall–Kier alpha value is -1.31. The third kappa shape index (κ3) is 3.59. The van der Waals surface area contributed by atoms with E-state index in [2.05, 4.69) is 0 Å². The number of hydrogen-bond donors (Lipinski definition) is 1. The molecule has 0 aliphatic carbocycles. The third-order valence-corrected chi connectivity index (χ3v) is 4.60. The molecule has 0 fully saturated rings. The lowest BCUT2D eigenvalue weighted by molar-refractivity contribution is -0.137. The predicted molar refractivity (Wildman–Crippen MR) is 70.1 cm³/mol. The fraction of sp³-hybridized carbons (Fsp3) is 0.364. The van der Waals surface area contributed by atoms with Crippen LogP contribution < -0.4 is 4.74 Å². The molecule has 1 N–H and O–H groups in total. The summed E-state index contributed by atoms with van der Waals surface area (Å²) >= 11 is 5.76. The van der Waals surface area contributed by atoms with E-state index in [1.165, 1.54) is 25.3 Å². The second kappa shape index (κ2) is 6.23. The van der Waals surface area contributed by atoms with Gasteiger partial charge in [-0.2, -0.15) is 4.31 Å². The molecule has 0 saturated heterocycles. The fourth-order valence-corrected chi connectivity index (χ4v) is 3.21. The Labute approximate surface area is 116 Å². The van der Waals surface area contributed by atoms with Gasteiger partial charge in [-0.15, -0.1) is 0 Å². The minimum atomic E-state index is -3.94. The number of benzene rings is 1. The molecule has 0 bridgehead atoms. The van der Waals surface area contributed by atoms with E-state index in [9.17, 15) is 13.2 Å². The first-order valence-electron chi connectivity index (χ1n) is 5.38. The highest BCUT2D eigenvalue weighted by molar-refractivity contribution is 7.89. The molecule has 106 valence electrons. The summed E-state index contributed by atoms with van der Waals surface area (Å²) in [6.07, 6.45) is 0. The minimum Gasteiger partial charge on any atom is -0.495 e. The number of nitrogens with zero attached hydrogens (tertiary/aromatic N) is 1. The molecule has 19 heavy (non-hydrogen) atoms. The van der Waals surface area contributed by atoms with Gasteiger partial charge >= 0.3 is 5.97 Å². The van der Waals surface area contributed by atoms with Crippen LogP contribution in [-0.2, 0) is 14.8 Å². The van der Waals surface area contributed by atoms with Crippen LogP contribution in [0.15, 0.2) is 23.1 Å². The van der Waals surface area contributed by atoms with Crippen LogP contribution in [0.4, 0.5) is 0 Å². The van der Waals surface area contributed by atoms with Crippen LogP contribution in [0.5, 0.6) is 5.75 Å². The Bertz CT molecular complexity index is 572. The molecular weight excluding hydrogens is 294 g/mol. The quantitative estimate of drug-likeness (QED) is 0.860. The lowest BCUT2D eigenvalue weighted by Gasteiger charge is -2.19. The van der Waals surface area contributed by atoms with Crippen LogP contribution >= 0.6 is 11.6 Å². The molecule has 0 heterocycles. The molecule has 8 heteroatoms. The van der Waals surface area contributed by atoms with E-state index in [-0.39, 0.29) is 17.2 Å². The number of likely N-dealkylation sites (N-methyl/N-ethyl adjacent to an activating group) is 1. The highest BCUT2D eigenvalue weighted by Crippen LogP contribution is 2.29. The first-order valence-corrected chi connectivity index (χ1v) is 7.20. The Balaban J connectivity index is 3.29. The first kappa shape index (κ1) is 15.7. The average Bonchev–Trinajstić information content (AvgIpc) is 2.34. The lowest BCUT2D eigenvalue weighted by atomic mass is 10.3. The zero-order valence-corrected chi connectivity index (χ0v) is 12.0. The van der Waals surface area contributed by atoms with Crippen molar-refractivity contribution in [2.75, 3.05) is 20.2 Å². The molecule has 0 aliphatic rings. The number of carboxylic acids is 1. The SMILES string of the molecule is CCN(CC(=O)O)S(=O)(=O)c1ccc(Cl)cc1OC. The van der Waals surface area contributed by atoms with Gasteiger partial charge in [0.2, 0.25) is 10.0 Å². The second-order valence-electron chi connectivity index (χ2n) is 3.62. The Kier molecular flexibility index (Phi) is 5.16. The third-order valence-electron chi connectivity index (χ3n) is 2.41. The molecule has 0 amide bonds. The monoisotopic (exact) mass is 307 g/mol. The van der Waals surface area contributed by atoms with Crippen LogP contribution in [0.25, 0.3) is 0 Å². The number of carbonyl (C=O) groups is 1. The standard InChI is InChI=1S/C11H14ClNO5S/c1-3-13(7-11(14)15)19(16,17)10-5-4-8(12)6-9(10)18-2/h4-6H,3,7H2,1-2H3,(H,14,15). The maximum Gasteiger partial charge on any atom is 0.318 e. The largest absolute Gasteiger partial charge is 0.495 e. The number of methoxy groups -OCH3 is 1. The molecule has 0 aromatic heterocycles. The lowest BCUT2D eigenvalue weighted by Crippen LogP contribution is -2.35. The van der Waals surface area contributed by atoms with Gasteiger partial charge in [-0.3, -0.25) is 4.79 Å². The molecule has 0 unspecified atom stereocenters. The van der Waals surface area contributed by atoms with Crippen molar-refractivity contribution in [2.45, 2.75) is 11.8 Å². The summed E-state index contributed by atoms with van der Waals surface area (Å²) in [4.78, 5) is 10.6. The van der Waals surface area contributed by atoms with Crippen molar-refractivity contribution in [3.63, 3.8) is 0 Å².